The van der Waals surface area contributed by atoms with Gasteiger partial charge in [-0.05, 0) is 88.2 Å². The van der Waals surface area contributed by atoms with Crippen molar-refractivity contribution >= 4 is 47.4 Å². The Bertz CT molecular complexity index is 1360. The van der Waals surface area contributed by atoms with Crippen molar-refractivity contribution in [2.45, 2.75) is 126 Å². The SMILES string of the molecule is [C-]#[N+]C(C(=O)OCCCCOC(=O)C=C)=C1Sc2c(OC(=O)C3CCC(CCCC)CC3)ccc(OC(=O)C3CCC(CCCC)CC3)c2S1. The maximum Gasteiger partial charge on any atom is 0.338 e. The number of carbonyl (C=O) groups is 4. The lowest BCUT2D eigenvalue weighted by atomic mass is 9.80. The smallest absolute Gasteiger partial charge is 0.338 e. The average molecular weight is 726 g/mol. The van der Waals surface area contributed by atoms with Crippen LogP contribution in [0.3, 0.4) is 0 Å². The predicted molar refractivity (Wildman–Crippen MR) is 194 cm³/mol. The van der Waals surface area contributed by atoms with E-state index in [1.54, 1.807) is 12.1 Å². The summed E-state index contributed by atoms with van der Waals surface area (Å²) in [5, 5.41) is 0. The number of esters is 4. The first-order valence-corrected chi connectivity index (χ1v) is 19.9. The van der Waals surface area contributed by atoms with Gasteiger partial charge in [0.2, 0.25) is 0 Å². The van der Waals surface area contributed by atoms with Gasteiger partial charge in [-0.2, -0.15) is 0 Å². The Hall–Kier alpha value is -3.23. The molecular formula is C39H51NO8S2. The molecule has 11 heteroatoms. The minimum Gasteiger partial charge on any atom is -0.471 e. The molecule has 50 heavy (non-hydrogen) atoms. The summed E-state index contributed by atoms with van der Waals surface area (Å²) in [5.41, 5.74) is -0.195. The van der Waals surface area contributed by atoms with Crippen molar-refractivity contribution in [2.24, 2.45) is 23.7 Å². The zero-order chi connectivity index (χ0) is 35.9. The van der Waals surface area contributed by atoms with Crippen LogP contribution in [0.15, 0.2) is 44.5 Å². The Morgan fingerprint density at radius 3 is 1.64 bits per heavy atom. The minimum absolute atomic E-state index is 0.0478. The number of hydrogen-bond acceptors (Lipinski definition) is 10. The van der Waals surface area contributed by atoms with Crippen LogP contribution in [0.5, 0.6) is 11.5 Å². The van der Waals surface area contributed by atoms with Crippen LogP contribution in [-0.4, -0.2) is 37.1 Å². The fourth-order valence-corrected chi connectivity index (χ4v) is 9.32. The van der Waals surface area contributed by atoms with Crippen LogP contribution in [0.1, 0.15) is 117 Å². The molecule has 1 aromatic carbocycles. The van der Waals surface area contributed by atoms with Crippen molar-refractivity contribution in [3.05, 3.63) is 46.1 Å². The third-order valence-electron chi connectivity index (χ3n) is 9.82. The molecule has 0 spiro atoms. The monoisotopic (exact) mass is 725 g/mol. The number of unbranched alkanes of at least 4 members (excludes halogenated alkanes) is 3. The highest BCUT2D eigenvalue weighted by Gasteiger charge is 2.35. The number of carbonyl (C=O) groups excluding carboxylic acids is 4. The highest BCUT2D eigenvalue weighted by atomic mass is 32.2. The number of hydrogen-bond donors (Lipinski definition) is 0. The van der Waals surface area contributed by atoms with Gasteiger partial charge in [0.15, 0.2) is 0 Å². The van der Waals surface area contributed by atoms with Crippen LogP contribution in [0.25, 0.3) is 4.85 Å². The van der Waals surface area contributed by atoms with Crippen LogP contribution in [0.4, 0.5) is 0 Å². The van der Waals surface area contributed by atoms with E-state index in [1.165, 1.54) is 38.5 Å². The Morgan fingerprint density at radius 2 is 1.22 bits per heavy atom. The molecule has 0 saturated heterocycles. The van der Waals surface area contributed by atoms with Gasteiger partial charge in [-0.15, -0.1) is 0 Å². The van der Waals surface area contributed by atoms with Crippen LogP contribution in [0, 0.1) is 30.2 Å². The molecule has 0 N–H and O–H groups in total. The zero-order valence-electron chi connectivity index (χ0n) is 29.5. The predicted octanol–water partition coefficient (Wildman–Crippen LogP) is 9.83. The fraction of sp³-hybridized carbons (Fsp3) is 0.615. The van der Waals surface area contributed by atoms with Gasteiger partial charge < -0.3 is 18.9 Å². The zero-order valence-corrected chi connectivity index (χ0v) is 31.1. The third kappa shape index (κ3) is 11.4. The molecule has 2 saturated carbocycles. The molecule has 0 unspecified atom stereocenters. The van der Waals surface area contributed by atoms with Crippen LogP contribution in [-0.2, 0) is 28.7 Å². The van der Waals surface area contributed by atoms with Gasteiger partial charge in [-0.3, -0.25) is 14.4 Å². The van der Waals surface area contributed by atoms with Crippen molar-refractivity contribution in [1.82, 2.24) is 0 Å². The van der Waals surface area contributed by atoms with Crippen molar-refractivity contribution in [2.75, 3.05) is 13.2 Å². The van der Waals surface area contributed by atoms with Crippen LogP contribution < -0.4 is 9.47 Å². The summed E-state index contributed by atoms with van der Waals surface area (Å²) in [6, 6.07) is 3.30. The first-order chi connectivity index (χ1) is 24.3. The molecule has 1 aliphatic heterocycles. The lowest BCUT2D eigenvalue weighted by Gasteiger charge is -2.27. The van der Waals surface area contributed by atoms with Gasteiger partial charge in [-0.1, -0.05) is 82.5 Å². The summed E-state index contributed by atoms with van der Waals surface area (Å²) in [6.45, 7) is 15.8. The van der Waals surface area contributed by atoms with Crippen LogP contribution in [0.2, 0.25) is 0 Å². The van der Waals surface area contributed by atoms with Gasteiger partial charge in [0, 0.05) is 6.08 Å². The topological polar surface area (TPSA) is 110 Å². The summed E-state index contributed by atoms with van der Waals surface area (Å²) in [4.78, 5) is 55.6. The van der Waals surface area contributed by atoms with Gasteiger partial charge >= 0.3 is 23.9 Å². The molecule has 4 rings (SSSR count). The standard InChI is InChI=1S/C39H51NO8S2/c1-5-8-12-26-14-18-28(19-15-26)36(42)47-30-22-23-31(48-37(43)29-20-16-27(17-21-29)13-9-6-2)35-34(30)49-39(50-35)33(40-4)38(44)46-25-11-10-24-45-32(41)7-3/h7,22-23,26-29H,3,5-6,8-21,24-25H2,1-2H3. The summed E-state index contributed by atoms with van der Waals surface area (Å²) >= 11 is 2.30. The molecule has 2 fully saturated rings. The maximum atomic E-state index is 13.4. The summed E-state index contributed by atoms with van der Waals surface area (Å²) < 4.78 is 22.7. The summed E-state index contributed by atoms with van der Waals surface area (Å²) in [7, 11) is 0. The lowest BCUT2D eigenvalue weighted by molar-refractivity contribution is -0.141. The molecule has 0 radical (unpaired) electrons. The minimum atomic E-state index is -0.775. The maximum absolute atomic E-state index is 13.4. The normalized spacial score (nSPS) is 21.3. The quantitative estimate of drug-likeness (QED) is 0.0506. The van der Waals surface area contributed by atoms with Gasteiger partial charge in [0.25, 0.3) is 5.70 Å². The highest BCUT2D eigenvalue weighted by molar-refractivity contribution is 8.24. The largest absolute Gasteiger partial charge is 0.471 e. The average Bonchev–Trinajstić information content (AvgIpc) is 3.58. The Morgan fingerprint density at radius 1 is 0.760 bits per heavy atom. The van der Waals surface area contributed by atoms with Gasteiger partial charge in [-0.25, -0.2) is 9.64 Å². The second kappa shape index (κ2) is 20.6. The van der Waals surface area contributed by atoms with E-state index >= 15 is 0 Å². The summed E-state index contributed by atoms with van der Waals surface area (Å²) in [5.74, 6) is -0.251. The molecule has 3 aliphatic rings. The molecule has 9 nitrogen and oxygen atoms in total. The summed E-state index contributed by atoms with van der Waals surface area (Å²) in [6.07, 6.45) is 16.4. The molecule has 1 heterocycles. The number of ether oxygens (including phenoxy) is 4. The van der Waals surface area contributed by atoms with Crippen molar-refractivity contribution in [1.29, 1.82) is 0 Å². The van der Waals surface area contributed by atoms with E-state index in [1.807, 2.05) is 0 Å². The highest BCUT2D eigenvalue weighted by Crippen LogP contribution is 2.59. The number of rotatable bonds is 17. The number of benzene rings is 1. The van der Waals surface area contributed by atoms with E-state index in [0.717, 1.165) is 81.0 Å². The molecule has 0 bridgehead atoms. The molecule has 1 aromatic rings. The van der Waals surface area contributed by atoms with E-state index < -0.39 is 11.9 Å². The third-order valence-corrected chi connectivity index (χ3v) is 12.4. The second-order valence-corrected chi connectivity index (χ2v) is 15.7. The van der Waals surface area contributed by atoms with Crippen molar-refractivity contribution < 1.29 is 38.1 Å². The van der Waals surface area contributed by atoms with E-state index in [2.05, 4.69) is 25.3 Å². The molecule has 0 atom stereocenters. The molecule has 0 aromatic heterocycles. The Labute approximate surface area is 305 Å². The molecule has 0 amide bonds. The van der Waals surface area contributed by atoms with E-state index in [0.29, 0.717) is 50.2 Å². The Kier molecular flexibility index (Phi) is 16.3. The van der Waals surface area contributed by atoms with E-state index in [-0.39, 0.29) is 42.7 Å². The van der Waals surface area contributed by atoms with E-state index in [4.69, 9.17) is 25.5 Å². The van der Waals surface area contributed by atoms with Crippen molar-refractivity contribution in [3.63, 3.8) is 0 Å². The second-order valence-electron chi connectivity index (χ2n) is 13.4. The van der Waals surface area contributed by atoms with Gasteiger partial charge in [0.1, 0.15) is 11.5 Å². The van der Waals surface area contributed by atoms with Crippen LogP contribution >= 0.6 is 23.5 Å². The lowest BCUT2D eigenvalue weighted by Crippen LogP contribution is -2.26. The van der Waals surface area contributed by atoms with E-state index in [9.17, 15) is 19.2 Å². The van der Waals surface area contributed by atoms with Gasteiger partial charge in [0.05, 0.1) is 45.6 Å². The molecule has 2 aliphatic carbocycles. The number of thioether (sulfide) groups is 2. The Balaban J connectivity index is 1.47. The first-order valence-electron chi connectivity index (χ1n) is 18.3. The first kappa shape index (κ1) is 39.6. The number of nitrogens with zero attached hydrogens (tertiary/aromatic N) is 1. The molecule has 272 valence electrons. The molecular weight excluding hydrogens is 675 g/mol. The van der Waals surface area contributed by atoms with Crippen molar-refractivity contribution in [3.8, 4) is 11.5 Å². The number of fused-ring (bicyclic) bond motifs is 1. The fourth-order valence-electron chi connectivity index (χ4n) is 6.77.